The van der Waals surface area contributed by atoms with Crippen LogP contribution in [0.25, 0.3) is 0 Å². The smallest absolute Gasteiger partial charge is 0.160 e. The number of aromatic hydroxyl groups is 1. The molecule has 0 saturated heterocycles. The maximum absolute atomic E-state index is 9.79. The van der Waals surface area contributed by atoms with Gasteiger partial charge in [-0.2, -0.15) is 0 Å². The summed E-state index contributed by atoms with van der Waals surface area (Å²) in [5.41, 5.74) is 2.52. The number of phenols is 1. The predicted octanol–water partition coefficient (Wildman–Crippen LogP) is 2.63. The summed E-state index contributed by atoms with van der Waals surface area (Å²) in [4.78, 5) is 0. The topological polar surface area (TPSA) is 41.5 Å². The van der Waals surface area contributed by atoms with Crippen molar-refractivity contribution in [3.63, 3.8) is 0 Å². The molecular weight excluding hydrogens is 214 g/mol. The van der Waals surface area contributed by atoms with E-state index in [-0.39, 0.29) is 5.75 Å². The number of phenolic OH excluding ortho intramolecular Hbond substituents is 1. The van der Waals surface area contributed by atoms with Gasteiger partial charge in [-0.25, -0.2) is 0 Å². The van der Waals surface area contributed by atoms with E-state index in [2.05, 4.69) is 19.2 Å². The molecule has 0 bridgehead atoms. The van der Waals surface area contributed by atoms with E-state index in [1.165, 1.54) is 11.1 Å². The summed E-state index contributed by atoms with van der Waals surface area (Å²) in [5.74, 6) is 1.47. The Morgan fingerprint density at radius 2 is 2.24 bits per heavy atom. The van der Waals surface area contributed by atoms with Crippen LogP contribution in [0.1, 0.15) is 37.4 Å². The van der Waals surface area contributed by atoms with Crippen molar-refractivity contribution in [2.45, 2.75) is 32.7 Å². The van der Waals surface area contributed by atoms with Crippen LogP contribution in [0, 0.1) is 5.92 Å². The fraction of sp³-hybridized carbons (Fsp3) is 0.571. The van der Waals surface area contributed by atoms with Gasteiger partial charge in [-0.1, -0.05) is 13.8 Å². The number of methoxy groups -OCH3 is 1. The van der Waals surface area contributed by atoms with E-state index in [9.17, 15) is 5.11 Å². The number of fused-ring (bicyclic) bond motifs is 1. The van der Waals surface area contributed by atoms with E-state index >= 15 is 0 Å². The molecule has 0 saturated carbocycles. The van der Waals surface area contributed by atoms with Crippen LogP contribution in [-0.4, -0.2) is 18.8 Å². The summed E-state index contributed by atoms with van der Waals surface area (Å²) in [7, 11) is 1.59. The molecule has 2 N–H and O–H groups in total. The van der Waals surface area contributed by atoms with E-state index < -0.39 is 0 Å². The van der Waals surface area contributed by atoms with Crippen molar-refractivity contribution in [1.29, 1.82) is 0 Å². The number of ether oxygens (including phenoxy) is 1. The molecule has 0 radical (unpaired) electrons. The molecule has 3 heteroatoms. The van der Waals surface area contributed by atoms with Crippen LogP contribution in [0.15, 0.2) is 12.1 Å². The lowest BCUT2D eigenvalue weighted by Gasteiger charge is -2.29. The van der Waals surface area contributed by atoms with Crippen LogP contribution >= 0.6 is 0 Å². The molecule has 0 spiro atoms. The van der Waals surface area contributed by atoms with Crippen molar-refractivity contribution < 1.29 is 9.84 Å². The summed E-state index contributed by atoms with van der Waals surface area (Å²) in [6, 6.07) is 4.21. The van der Waals surface area contributed by atoms with Crippen molar-refractivity contribution in [3.8, 4) is 11.5 Å². The minimum Gasteiger partial charge on any atom is -0.504 e. The van der Waals surface area contributed by atoms with Gasteiger partial charge in [-0.3, -0.25) is 0 Å². The third-order valence-electron chi connectivity index (χ3n) is 3.31. The second-order valence-electron chi connectivity index (χ2n) is 5.11. The molecule has 1 aliphatic rings. The number of hydrogen-bond acceptors (Lipinski definition) is 3. The maximum Gasteiger partial charge on any atom is 0.160 e. The lowest BCUT2D eigenvalue weighted by molar-refractivity contribution is 0.366. The molecule has 3 nitrogen and oxygen atoms in total. The Balaban J connectivity index is 2.35. The lowest BCUT2D eigenvalue weighted by atomic mass is 9.89. The molecule has 0 aromatic heterocycles. The first-order valence-corrected chi connectivity index (χ1v) is 6.25. The molecule has 1 unspecified atom stereocenters. The minimum absolute atomic E-state index is 0.247. The van der Waals surface area contributed by atoms with Gasteiger partial charge in [-0.15, -0.1) is 0 Å². The van der Waals surface area contributed by atoms with Gasteiger partial charge < -0.3 is 15.2 Å². The van der Waals surface area contributed by atoms with Crippen LogP contribution < -0.4 is 10.1 Å². The maximum atomic E-state index is 9.79. The molecule has 2 rings (SSSR count). The van der Waals surface area contributed by atoms with Gasteiger partial charge in [0.25, 0.3) is 0 Å². The van der Waals surface area contributed by atoms with E-state index in [1.807, 2.05) is 12.1 Å². The Morgan fingerprint density at radius 3 is 2.88 bits per heavy atom. The molecule has 1 aromatic carbocycles. The monoisotopic (exact) mass is 235 g/mol. The van der Waals surface area contributed by atoms with Gasteiger partial charge >= 0.3 is 0 Å². The van der Waals surface area contributed by atoms with Gasteiger partial charge in [-0.05, 0) is 48.6 Å². The predicted molar refractivity (Wildman–Crippen MR) is 68.6 cm³/mol. The highest BCUT2D eigenvalue weighted by Gasteiger charge is 2.22. The molecule has 1 heterocycles. The highest BCUT2D eigenvalue weighted by molar-refractivity contribution is 5.48. The zero-order chi connectivity index (χ0) is 12.4. The first-order chi connectivity index (χ1) is 8.11. The number of rotatable bonds is 3. The minimum atomic E-state index is 0.247. The fourth-order valence-electron chi connectivity index (χ4n) is 2.50. The molecule has 94 valence electrons. The highest BCUT2D eigenvalue weighted by Crippen LogP contribution is 2.36. The van der Waals surface area contributed by atoms with Crippen molar-refractivity contribution in [3.05, 3.63) is 23.3 Å². The third-order valence-corrected chi connectivity index (χ3v) is 3.31. The summed E-state index contributed by atoms with van der Waals surface area (Å²) in [6.07, 6.45) is 2.09. The Bertz CT molecular complexity index is 401. The summed E-state index contributed by atoms with van der Waals surface area (Å²) >= 11 is 0. The first-order valence-electron chi connectivity index (χ1n) is 6.25. The lowest BCUT2D eigenvalue weighted by Crippen LogP contribution is -2.30. The quantitative estimate of drug-likeness (QED) is 0.846. The van der Waals surface area contributed by atoms with E-state index in [4.69, 9.17) is 4.74 Å². The molecule has 0 fully saturated rings. The van der Waals surface area contributed by atoms with Crippen LogP contribution in [0.2, 0.25) is 0 Å². The van der Waals surface area contributed by atoms with Crippen molar-refractivity contribution in [1.82, 2.24) is 5.32 Å². The van der Waals surface area contributed by atoms with E-state index in [1.54, 1.807) is 7.11 Å². The fourth-order valence-corrected chi connectivity index (χ4v) is 2.50. The van der Waals surface area contributed by atoms with Crippen LogP contribution in [0.5, 0.6) is 11.5 Å². The van der Waals surface area contributed by atoms with Crippen molar-refractivity contribution in [2.24, 2.45) is 5.92 Å². The number of benzene rings is 1. The highest BCUT2D eigenvalue weighted by atomic mass is 16.5. The zero-order valence-corrected chi connectivity index (χ0v) is 10.8. The SMILES string of the molecule is COc1cc2c(cc1O)CCNC2CC(C)C. The Labute approximate surface area is 103 Å². The second-order valence-corrected chi connectivity index (χ2v) is 5.11. The molecule has 0 amide bonds. The van der Waals surface area contributed by atoms with Crippen LogP contribution in [0.4, 0.5) is 0 Å². The normalized spacial score (nSPS) is 19.2. The summed E-state index contributed by atoms with van der Waals surface area (Å²) in [6.45, 7) is 5.44. The first kappa shape index (κ1) is 12.2. The van der Waals surface area contributed by atoms with Crippen LogP contribution in [-0.2, 0) is 6.42 Å². The van der Waals surface area contributed by atoms with Gasteiger partial charge in [0, 0.05) is 6.04 Å². The second kappa shape index (κ2) is 4.96. The molecule has 1 atom stereocenters. The van der Waals surface area contributed by atoms with E-state index in [0.29, 0.717) is 17.7 Å². The summed E-state index contributed by atoms with van der Waals surface area (Å²) in [5, 5.41) is 13.3. The van der Waals surface area contributed by atoms with Gasteiger partial charge in [0.05, 0.1) is 7.11 Å². The number of nitrogens with one attached hydrogen (secondary N) is 1. The molecule has 17 heavy (non-hydrogen) atoms. The summed E-state index contributed by atoms with van der Waals surface area (Å²) < 4.78 is 5.19. The van der Waals surface area contributed by atoms with Crippen molar-refractivity contribution in [2.75, 3.05) is 13.7 Å². The Hall–Kier alpha value is -1.22. The molecule has 1 aromatic rings. The van der Waals surface area contributed by atoms with Gasteiger partial charge in [0.2, 0.25) is 0 Å². The van der Waals surface area contributed by atoms with Crippen molar-refractivity contribution >= 4 is 0 Å². The average molecular weight is 235 g/mol. The van der Waals surface area contributed by atoms with E-state index in [0.717, 1.165) is 19.4 Å². The zero-order valence-electron chi connectivity index (χ0n) is 10.8. The van der Waals surface area contributed by atoms with Gasteiger partial charge in [0.15, 0.2) is 11.5 Å². The molecular formula is C14H21NO2. The average Bonchev–Trinajstić information content (AvgIpc) is 2.27. The standard InChI is InChI=1S/C14H21NO2/c1-9(2)6-12-11-8-14(17-3)13(16)7-10(11)4-5-15-12/h7-9,12,15-16H,4-6H2,1-3H3. The molecule has 1 aliphatic heterocycles. The van der Waals surface area contributed by atoms with Gasteiger partial charge in [0.1, 0.15) is 0 Å². The largest absolute Gasteiger partial charge is 0.504 e. The third kappa shape index (κ3) is 2.55. The van der Waals surface area contributed by atoms with Crippen LogP contribution in [0.3, 0.4) is 0 Å². The molecule has 0 aliphatic carbocycles. The number of hydrogen-bond donors (Lipinski definition) is 2. The Kier molecular flexibility index (Phi) is 3.57. The Morgan fingerprint density at radius 1 is 1.47 bits per heavy atom.